The lowest BCUT2D eigenvalue weighted by Crippen LogP contribution is -2.51. The van der Waals surface area contributed by atoms with E-state index in [4.69, 9.17) is 16.3 Å². The molecule has 2 aromatic rings. The van der Waals surface area contributed by atoms with E-state index >= 15 is 0 Å². The molecule has 1 aliphatic rings. The van der Waals surface area contributed by atoms with Crippen LogP contribution in [0.25, 0.3) is 0 Å². The maximum Gasteiger partial charge on any atom is 0.246 e. The number of piperidine rings is 1. The minimum Gasteiger partial charge on any atom is -0.495 e. The number of sulfonamides is 1. The Morgan fingerprint density at radius 3 is 2.66 bits per heavy atom. The molecule has 1 saturated heterocycles. The number of methoxy groups -OCH3 is 1. The molecule has 0 aromatic heterocycles. The molecule has 1 unspecified atom stereocenters. The molecule has 0 saturated carbocycles. The van der Waals surface area contributed by atoms with Gasteiger partial charge in [0.25, 0.3) is 0 Å². The molecule has 0 aliphatic carbocycles. The fourth-order valence-electron chi connectivity index (χ4n) is 3.57. The quantitative estimate of drug-likeness (QED) is 0.752. The van der Waals surface area contributed by atoms with Crippen molar-refractivity contribution in [3.8, 4) is 5.75 Å². The van der Waals surface area contributed by atoms with Crippen LogP contribution in [-0.4, -0.2) is 38.8 Å². The lowest BCUT2D eigenvalue weighted by atomic mass is 9.82. The number of carbonyl (C=O) groups excluding carboxylic acids is 1. The smallest absolute Gasteiger partial charge is 0.246 e. The molecule has 0 spiro atoms. The van der Waals surface area contributed by atoms with Crippen LogP contribution in [0.15, 0.2) is 53.4 Å². The summed E-state index contributed by atoms with van der Waals surface area (Å²) in [4.78, 5) is 12.9. The van der Waals surface area contributed by atoms with Crippen LogP contribution in [0, 0.1) is 5.41 Å². The number of amides is 1. The Hall–Kier alpha value is -2.09. The van der Waals surface area contributed by atoms with Crippen molar-refractivity contribution in [2.75, 3.05) is 20.2 Å². The van der Waals surface area contributed by atoms with E-state index in [0.717, 1.165) is 5.56 Å². The first-order chi connectivity index (χ1) is 13.8. The molecule has 1 heterocycles. The minimum atomic E-state index is -3.86. The van der Waals surface area contributed by atoms with Crippen LogP contribution >= 0.6 is 11.6 Å². The molecule has 156 valence electrons. The second kappa shape index (κ2) is 8.73. The number of halogens is 1. The van der Waals surface area contributed by atoms with Crippen molar-refractivity contribution < 1.29 is 17.9 Å². The number of hydrogen-bond acceptors (Lipinski definition) is 4. The van der Waals surface area contributed by atoms with E-state index in [2.05, 4.69) is 5.32 Å². The number of nitrogens with zero attached hydrogens (tertiary/aromatic N) is 1. The first-order valence-corrected chi connectivity index (χ1v) is 11.2. The zero-order valence-corrected chi connectivity index (χ0v) is 18.1. The van der Waals surface area contributed by atoms with E-state index in [9.17, 15) is 13.2 Å². The van der Waals surface area contributed by atoms with E-state index in [-0.39, 0.29) is 23.1 Å². The fourth-order valence-corrected chi connectivity index (χ4v) is 5.59. The molecule has 1 aliphatic heterocycles. The molecular formula is C21H25ClN2O4S. The Labute approximate surface area is 176 Å². The zero-order valence-electron chi connectivity index (χ0n) is 16.5. The van der Waals surface area contributed by atoms with Crippen LogP contribution in [0.3, 0.4) is 0 Å². The number of rotatable bonds is 6. The maximum atomic E-state index is 13.3. The van der Waals surface area contributed by atoms with Crippen LogP contribution in [0.4, 0.5) is 0 Å². The van der Waals surface area contributed by atoms with Gasteiger partial charge in [-0.15, -0.1) is 0 Å². The summed E-state index contributed by atoms with van der Waals surface area (Å²) >= 11 is 6.02. The van der Waals surface area contributed by atoms with Crippen molar-refractivity contribution >= 4 is 27.5 Å². The highest BCUT2D eigenvalue weighted by Crippen LogP contribution is 2.36. The average molecular weight is 437 g/mol. The summed E-state index contributed by atoms with van der Waals surface area (Å²) in [5.74, 6) is 0.0783. The van der Waals surface area contributed by atoms with Crippen molar-refractivity contribution in [1.29, 1.82) is 0 Å². The van der Waals surface area contributed by atoms with Crippen LogP contribution in [0.2, 0.25) is 5.02 Å². The Morgan fingerprint density at radius 1 is 1.24 bits per heavy atom. The van der Waals surface area contributed by atoms with E-state index in [0.29, 0.717) is 31.0 Å². The topological polar surface area (TPSA) is 75.7 Å². The predicted octanol–water partition coefficient (Wildman–Crippen LogP) is 3.46. The molecule has 0 bridgehead atoms. The van der Waals surface area contributed by atoms with Gasteiger partial charge in [0, 0.05) is 24.7 Å². The molecule has 1 atom stereocenters. The van der Waals surface area contributed by atoms with Gasteiger partial charge >= 0.3 is 0 Å². The Kier molecular flexibility index (Phi) is 6.51. The lowest BCUT2D eigenvalue weighted by molar-refractivity contribution is -0.132. The summed E-state index contributed by atoms with van der Waals surface area (Å²) in [5, 5.41) is 3.26. The number of nitrogens with one attached hydrogen (secondary N) is 1. The van der Waals surface area contributed by atoms with Gasteiger partial charge in [0.05, 0.1) is 12.5 Å². The predicted molar refractivity (Wildman–Crippen MR) is 112 cm³/mol. The third-order valence-corrected chi connectivity index (χ3v) is 7.35. The van der Waals surface area contributed by atoms with Crippen LogP contribution < -0.4 is 10.1 Å². The summed E-state index contributed by atoms with van der Waals surface area (Å²) in [6, 6.07) is 14.1. The largest absolute Gasteiger partial charge is 0.495 e. The number of ether oxygens (including phenoxy) is 1. The van der Waals surface area contributed by atoms with Gasteiger partial charge in [-0.2, -0.15) is 4.31 Å². The Balaban J connectivity index is 1.78. The monoisotopic (exact) mass is 436 g/mol. The molecule has 1 amide bonds. The SMILES string of the molecule is COc1ccc(Cl)cc1S(=O)(=O)N1CCCC(C)(C(=O)NCc2ccccc2)C1. The fraction of sp³-hybridized carbons (Fsp3) is 0.381. The van der Waals surface area contributed by atoms with E-state index in [1.165, 1.54) is 23.5 Å². The lowest BCUT2D eigenvalue weighted by Gasteiger charge is -2.38. The van der Waals surface area contributed by atoms with E-state index in [1.54, 1.807) is 6.07 Å². The highest BCUT2D eigenvalue weighted by Gasteiger charge is 2.42. The summed E-state index contributed by atoms with van der Waals surface area (Å²) in [7, 11) is -2.44. The molecule has 29 heavy (non-hydrogen) atoms. The van der Waals surface area contributed by atoms with Crippen molar-refractivity contribution in [3.05, 3.63) is 59.1 Å². The summed E-state index contributed by atoms with van der Waals surface area (Å²) in [5.41, 5.74) is 0.180. The standard InChI is InChI=1S/C21H25ClN2O4S/c1-21(20(25)23-14-16-7-4-3-5-8-16)11-6-12-24(15-21)29(26,27)19-13-17(22)9-10-18(19)28-2/h3-5,7-10,13H,6,11-12,14-15H2,1-2H3,(H,23,25). The second-order valence-corrected chi connectivity index (χ2v) is 9.81. The molecule has 1 N–H and O–H groups in total. The van der Waals surface area contributed by atoms with Crippen LogP contribution in [0.1, 0.15) is 25.3 Å². The highest BCUT2D eigenvalue weighted by molar-refractivity contribution is 7.89. The number of hydrogen-bond donors (Lipinski definition) is 1. The number of benzene rings is 2. The van der Waals surface area contributed by atoms with Crippen molar-refractivity contribution in [2.24, 2.45) is 5.41 Å². The Morgan fingerprint density at radius 2 is 1.97 bits per heavy atom. The van der Waals surface area contributed by atoms with Gasteiger partial charge in [0.1, 0.15) is 10.6 Å². The Bertz CT molecular complexity index is 981. The molecule has 3 rings (SSSR count). The zero-order chi connectivity index (χ0) is 21.1. The van der Waals surface area contributed by atoms with Gasteiger partial charge in [-0.25, -0.2) is 8.42 Å². The molecule has 6 nitrogen and oxygen atoms in total. The van der Waals surface area contributed by atoms with E-state index < -0.39 is 15.4 Å². The molecule has 1 fully saturated rings. The van der Waals surface area contributed by atoms with Gasteiger partial charge in [-0.05, 0) is 43.5 Å². The van der Waals surface area contributed by atoms with Crippen molar-refractivity contribution in [2.45, 2.75) is 31.2 Å². The van der Waals surface area contributed by atoms with Gasteiger partial charge in [-0.3, -0.25) is 4.79 Å². The first kappa shape index (κ1) is 21.6. The number of carbonyl (C=O) groups is 1. The van der Waals surface area contributed by atoms with Crippen molar-refractivity contribution in [3.63, 3.8) is 0 Å². The molecule has 2 aromatic carbocycles. The molecule has 8 heteroatoms. The minimum absolute atomic E-state index is 0.0152. The maximum absolute atomic E-state index is 13.3. The molecular weight excluding hydrogens is 412 g/mol. The summed E-state index contributed by atoms with van der Waals surface area (Å²) in [6.45, 7) is 2.67. The van der Waals surface area contributed by atoms with Gasteiger partial charge in [0.15, 0.2) is 0 Å². The van der Waals surface area contributed by atoms with Crippen molar-refractivity contribution in [1.82, 2.24) is 9.62 Å². The van der Waals surface area contributed by atoms with Crippen LogP contribution in [0.5, 0.6) is 5.75 Å². The molecule has 0 radical (unpaired) electrons. The normalized spacial score (nSPS) is 20.2. The third-order valence-electron chi connectivity index (χ3n) is 5.25. The van der Waals surface area contributed by atoms with E-state index in [1.807, 2.05) is 37.3 Å². The van der Waals surface area contributed by atoms with Gasteiger partial charge in [-0.1, -0.05) is 41.9 Å². The van der Waals surface area contributed by atoms with Gasteiger partial charge < -0.3 is 10.1 Å². The van der Waals surface area contributed by atoms with Crippen LogP contribution in [-0.2, 0) is 21.4 Å². The highest BCUT2D eigenvalue weighted by atomic mass is 35.5. The third kappa shape index (κ3) is 4.74. The summed E-state index contributed by atoms with van der Waals surface area (Å²) in [6.07, 6.45) is 1.21. The summed E-state index contributed by atoms with van der Waals surface area (Å²) < 4.78 is 33.1. The first-order valence-electron chi connectivity index (χ1n) is 9.42. The van der Waals surface area contributed by atoms with Gasteiger partial charge in [0.2, 0.25) is 15.9 Å². The average Bonchev–Trinajstić information content (AvgIpc) is 2.72. The second-order valence-electron chi connectivity index (χ2n) is 7.47.